The van der Waals surface area contributed by atoms with E-state index in [4.69, 9.17) is 15.1 Å². The SMILES string of the molecule is Cc1ccc(C)c(Cc2nc(COC(=O)CCCONO)nn2-c2ccc(S(N)(=O)=O)cc2F)c1. The van der Waals surface area contributed by atoms with Gasteiger partial charge < -0.3 is 4.74 Å². The van der Waals surface area contributed by atoms with E-state index in [9.17, 15) is 17.6 Å². The summed E-state index contributed by atoms with van der Waals surface area (Å²) in [7, 11) is -4.09. The summed E-state index contributed by atoms with van der Waals surface area (Å²) >= 11 is 0. The van der Waals surface area contributed by atoms with Crippen molar-refractivity contribution in [2.24, 2.45) is 5.14 Å². The van der Waals surface area contributed by atoms with E-state index in [1.54, 1.807) is 0 Å². The van der Waals surface area contributed by atoms with Crippen molar-refractivity contribution in [2.45, 2.75) is 44.6 Å². The largest absolute Gasteiger partial charge is 0.457 e. The van der Waals surface area contributed by atoms with Crippen LogP contribution < -0.4 is 10.8 Å². The summed E-state index contributed by atoms with van der Waals surface area (Å²) in [4.78, 5) is 20.5. The Hall–Kier alpha value is -3.23. The van der Waals surface area contributed by atoms with Crippen molar-refractivity contribution in [3.8, 4) is 5.69 Å². The number of nitrogens with two attached hydrogens (primary N) is 1. The van der Waals surface area contributed by atoms with Gasteiger partial charge in [0.2, 0.25) is 10.0 Å². The summed E-state index contributed by atoms with van der Waals surface area (Å²) in [5.74, 6) is -0.872. The summed E-state index contributed by atoms with van der Waals surface area (Å²) in [6.07, 6.45) is 0.658. The van der Waals surface area contributed by atoms with Crippen molar-refractivity contribution in [3.05, 3.63) is 70.6 Å². The Labute approximate surface area is 201 Å². The molecule has 35 heavy (non-hydrogen) atoms. The number of hydrogen-bond acceptors (Lipinski definition) is 9. The second-order valence-electron chi connectivity index (χ2n) is 7.82. The molecule has 0 spiro atoms. The standard InChI is InChI=1S/C22H26FN5O6S/c1-14-5-6-15(2)16(10-14)11-21-25-20(13-33-22(29)4-3-9-34-27-30)26-28(21)19-8-7-17(12-18(19)23)35(24,31)32/h5-8,10,12,27,30H,3-4,9,11,13H2,1-2H3,(H2,24,31,32). The molecule has 0 saturated carbocycles. The topological polar surface area (TPSA) is 159 Å². The van der Waals surface area contributed by atoms with Gasteiger partial charge in [0.05, 0.1) is 11.5 Å². The number of esters is 1. The number of sulfonamides is 1. The monoisotopic (exact) mass is 507 g/mol. The van der Waals surface area contributed by atoms with E-state index in [2.05, 4.69) is 14.9 Å². The second kappa shape index (κ2) is 11.5. The van der Waals surface area contributed by atoms with Gasteiger partial charge in [0, 0.05) is 12.8 Å². The molecule has 13 heteroatoms. The van der Waals surface area contributed by atoms with Crippen LogP contribution >= 0.6 is 0 Å². The number of benzene rings is 2. The normalized spacial score (nSPS) is 11.6. The molecule has 0 fully saturated rings. The molecule has 3 aromatic rings. The first-order valence-corrected chi connectivity index (χ1v) is 12.1. The van der Waals surface area contributed by atoms with Crippen molar-refractivity contribution in [3.63, 3.8) is 0 Å². The number of aryl methyl sites for hydroxylation is 2. The summed E-state index contributed by atoms with van der Waals surface area (Å²) in [6, 6.07) is 9.17. The predicted molar refractivity (Wildman–Crippen MR) is 121 cm³/mol. The fourth-order valence-corrected chi connectivity index (χ4v) is 3.83. The molecule has 0 bridgehead atoms. The van der Waals surface area contributed by atoms with Crippen LogP contribution in [-0.2, 0) is 37.4 Å². The van der Waals surface area contributed by atoms with Crippen molar-refractivity contribution in [1.29, 1.82) is 0 Å². The highest BCUT2D eigenvalue weighted by Crippen LogP contribution is 2.22. The number of primary sulfonamides is 1. The summed E-state index contributed by atoms with van der Waals surface area (Å²) < 4.78 is 44.5. The van der Waals surface area contributed by atoms with E-state index in [1.807, 2.05) is 32.0 Å². The Kier molecular flexibility index (Phi) is 8.64. The number of hydrogen-bond donors (Lipinski definition) is 3. The molecule has 0 amide bonds. The van der Waals surface area contributed by atoms with E-state index in [1.165, 1.54) is 22.5 Å². The average Bonchev–Trinajstić information content (AvgIpc) is 3.19. The first-order valence-electron chi connectivity index (χ1n) is 10.6. The lowest BCUT2D eigenvalue weighted by molar-refractivity contribution is -0.148. The van der Waals surface area contributed by atoms with Crippen molar-refractivity contribution < 1.29 is 32.4 Å². The number of nitrogens with one attached hydrogen (secondary N) is 1. The minimum absolute atomic E-state index is 0.0311. The Balaban J connectivity index is 1.90. The number of carbonyl (C=O) groups excluding carboxylic acids is 1. The molecule has 2 aromatic carbocycles. The lowest BCUT2D eigenvalue weighted by Crippen LogP contribution is -2.13. The van der Waals surface area contributed by atoms with Crippen molar-refractivity contribution >= 4 is 16.0 Å². The molecule has 0 aliphatic carbocycles. The fourth-order valence-electron chi connectivity index (χ4n) is 3.31. The maximum atomic E-state index is 14.9. The number of rotatable bonds is 11. The Morgan fingerprint density at radius 2 is 2.00 bits per heavy atom. The van der Waals surface area contributed by atoms with E-state index in [-0.39, 0.29) is 36.0 Å². The Morgan fingerprint density at radius 3 is 2.69 bits per heavy atom. The van der Waals surface area contributed by atoms with Crippen LogP contribution in [0, 0.1) is 19.7 Å². The highest BCUT2D eigenvalue weighted by Gasteiger charge is 2.19. The summed E-state index contributed by atoms with van der Waals surface area (Å²) in [6.45, 7) is 3.75. The summed E-state index contributed by atoms with van der Waals surface area (Å²) in [5.41, 5.74) is 4.48. The molecule has 1 aromatic heterocycles. The van der Waals surface area contributed by atoms with Crippen LogP contribution in [0.5, 0.6) is 0 Å². The van der Waals surface area contributed by atoms with Crippen molar-refractivity contribution in [1.82, 2.24) is 20.4 Å². The molecule has 0 saturated heterocycles. The first kappa shape index (κ1) is 26.4. The van der Waals surface area contributed by atoms with Gasteiger partial charge in [-0.05, 0) is 49.6 Å². The molecule has 11 nitrogen and oxygen atoms in total. The van der Waals surface area contributed by atoms with Gasteiger partial charge in [-0.15, -0.1) is 5.10 Å². The van der Waals surface area contributed by atoms with E-state index >= 15 is 0 Å². The van der Waals surface area contributed by atoms with E-state index in [0.29, 0.717) is 18.7 Å². The van der Waals surface area contributed by atoms with Crippen LogP contribution in [0.25, 0.3) is 5.69 Å². The number of ether oxygens (including phenoxy) is 1. The van der Waals surface area contributed by atoms with Gasteiger partial charge in [-0.2, -0.15) is 0 Å². The van der Waals surface area contributed by atoms with E-state index in [0.717, 1.165) is 22.8 Å². The molecule has 4 N–H and O–H groups in total. The zero-order chi connectivity index (χ0) is 25.6. The van der Waals surface area contributed by atoms with Crippen LogP contribution in [0.2, 0.25) is 0 Å². The zero-order valence-electron chi connectivity index (χ0n) is 19.2. The first-order chi connectivity index (χ1) is 16.6. The predicted octanol–water partition coefficient (Wildman–Crippen LogP) is 2.00. The quantitative estimate of drug-likeness (QED) is 0.200. The highest BCUT2D eigenvalue weighted by atomic mass is 32.2. The minimum Gasteiger partial charge on any atom is -0.457 e. The molecule has 188 valence electrons. The molecular weight excluding hydrogens is 481 g/mol. The molecule has 3 rings (SSSR count). The lowest BCUT2D eigenvalue weighted by atomic mass is 10.0. The summed E-state index contributed by atoms with van der Waals surface area (Å²) in [5, 5.41) is 17.8. The molecule has 1 heterocycles. The number of aromatic nitrogens is 3. The maximum Gasteiger partial charge on any atom is 0.306 e. The van der Waals surface area contributed by atoms with Gasteiger partial charge >= 0.3 is 5.97 Å². The Bertz CT molecular complexity index is 1310. The van der Waals surface area contributed by atoms with Crippen LogP contribution in [0.3, 0.4) is 0 Å². The number of nitrogens with zero attached hydrogens (tertiary/aromatic N) is 3. The molecule has 0 aliphatic rings. The van der Waals surface area contributed by atoms with Gasteiger partial charge in [-0.1, -0.05) is 29.4 Å². The maximum absolute atomic E-state index is 14.9. The third-order valence-corrected chi connectivity index (χ3v) is 6.01. The molecular formula is C22H26FN5O6S. The lowest BCUT2D eigenvalue weighted by Gasteiger charge is -2.10. The molecule has 0 atom stereocenters. The van der Waals surface area contributed by atoms with Crippen LogP contribution in [0.15, 0.2) is 41.3 Å². The average molecular weight is 508 g/mol. The molecule has 0 unspecified atom stereocenters. The van der Waals surface area contributed by atoms with Crippen LogP contribution in [0.4, 0.5) is 4.39 Å². The molecule has 0 aliphatic heterocycles. The van der Waals surface area contributed by atoms with Crippen LogP contribution in [0.1, 0.15) is 41.2 Å². The van der Waals surface area contributed by atoms with Gasteiger partial charge in [-0.25, -0.2) is 27.6 Å². The minimum atomic E-state index is -4.09. The van der Waals surface area contributed by atoms with Crippen molar-refractivity contribution in [2.75, 3.05) is 6.61 Å². The highest BCUT2D eigenvalue weighted by molar-refractivity contribution is 7.89. The smallest absolute Gasteiger partial charge is 0.306 e. The number of carbonyl (C=O) groups is 1. The number of halogens is 1. The third-order valence-electron chi connectivity index (χ3n) is 5.10. The van der Waals surface area contributed by atoms with Gasteiger partial charge in [-0.3, -0.25) is 14.8 Å². The second-order valence-corrected chi connectivity index (χ2v) is 9.39. The van der Waals surface area contributed by atoms with Gasteiger partial charge in [0.15, 0.2) is 12.4 Å². The third kappa shape index (κ3) is 7.13. The van der Waals surface area contributed by atoms with Gasteiger partial charge in [0.1, 0.15) is 17.3 Å². The van der Waals surface area contributed by atoms with E-state index < -0.39 is 21.8 Å². The van der Waals surface area contributed by atoms with Gasteiger partial charge in [0.25, 0.3) is 0 Å². The Morgan fingerprint density at radius 1 is 1.23 bits per heavy atom. The fraction of sp³-hybridized carbons (Fsp3) is 0.318. The molecule has 0 radical (unpaired) electrons. The van der Waals surface area contributed by atoms with Crippen LogP contribution in [-0.4, -0.2) is 41.0 Å². The zero-order valence-corrected chi connectivity index (χ0v) is 20.0.